The highest BCUT2D eigenvalue weighted by molar-refractivity contribution is 6.04. The molecule has 0 bridgehead atoms. The summed E-state index contributed by atoms with van der Waals surface area (Å²) in [5, 5.41) is 0. The highest BCUT2D eigenvalue weighted by Crippen LogP contribution is 2.26. The molecule has 1 aromatic rings. The molecule has 0 radical (unpaired) electrons. The maximum absolute atomic E-state index is 12.0. The van der Waals surface area contributed by atoms with Crippen LogP contribution >= 0.6 is 0 Å². The molecule has 0 N–H and O–H groups in total. The minimum absolute atomic E-state index is 0.124. The quantitative estimate of drug-likeness (QED) is 0.774. The van der Waals surface area contributed by atoms with Crippen molar-refractivity contribution in [3.05, 3.63) is 23.9 Å². The molecule has 0 aromatic carbocycles. The fourth-order valence-electron chi connectivity index (χ4n) is 2.12. The Morgan fingerprint density at radius 3 is 2.42 bits per heavy atom. The minimum atomic E-state index is -0.248. The smallest absolute Gasteiger partial charge is 0.233 e. The van der Waals surface area contributed by atoms with E-state index in [2.05, 4.69) is 4.98 Å². The largest absolute Gasteiger partial charge is 0.478 e. The molecule has 1 aromatic heterocycles. The van der Waals surface area contributed by atoms with Crippen molar-refractivity contribution in [1.29, 1.82) is 0 Å². The van der Waals surface area contributed by atoms with E-state index in [9.17, 15) is 9.59 Å². The van der Waals surface area contributed by atoms with Gasteiger partial charge in [0.2, 0.25) is 17.7 Å². The number of pyridine rings is 1. The van der Waals surface area contributed by atoms with Gasteiger partial charge in [0, 0.05) is 17.9 Å². The number of likely N-dealkylation sites (tertiary alicyclic amines) is 1. The molecule has 0 unspecified atom stereocenters. The summed E-state index contributed by atoms with van der Waals surface area (Å²) in [4.78, 5) is 29.5. The van der Waals surface area contributed by atoms with Gasteiger partial charge in [0.05, 0.1) is 18.8 Å². The normalized spacial score (nSPS) is 23.0. The van der Waals surface area contributed by atoms with Crippen molar-refractivity contribution in [3.63, 3.8) is 0 Å². The molecule has 2 heterocycles. The molecule has 2 amide bonds. The lowest BCUT2D eigenvalue weighted by molar-refractivity contribution is -0.140. The Hall–Kier alpha value is -1.91. The lowest BCUT2D eigenvalue weighted by atomic mass is 10.00. The zero-order valence-electron chi connectivity index (χ0n) is 11.4. The lowest BCUT2D eigenvalue weighted by Crippen LogP contribution is -2.30. The van der Waals surface area contributed by atoms with Crippen LogP contribution in [0.1, 0.15) is 26.5 Å². The second kappa shape index (κ2) is 5.38. The van der Waals surface area contributed by atoms with Crippen molar-refractivity contribution in [2.45, 2.75) is 27.3 Å². The van der Waals surface area contributed by atoms with Gasteiger partial charge in [-0.1, -0.05) is 19.9 Å². The molecule has 5 heteroatoms. The van der Waals surface area contributed by atoms with E-state index in [-0.39, 0.29) is 30.2 Å². The van der Waals surface area contributed by atoms with Crippen molar-refractivity contribution in [2.75, 3.05) is 6.61 Å². The van der Waals surface area contributed by atoms with Crippen LogP contribution in [0.15, 0.2) is 18.2 Å². The van der Waals surface area contributed by atoms with Gasteiger partial charge in [-0.3, -0.25) is 14.5 Å². The standard InChI is InChI=1S/C14H18N2O3/c1-4-19-12-7-5-6-11(15-12)8-16-13(17)9(2)10(3)14(16)18/h5-7,9-10H,4,8H2,1-3H3/t9-,10-/m1/s1. The second-order valence-electron chi connectivity index (χ2n) is 4.74. The summed E-state index contributed by atoms with van der Waals surface area (Å²) in [6.45, 7) is 6.20. The molecule has 0 spiro atoms. The first-order valence-corrected chi connectivity index (χ1v) is 6.48. The van der Waals surface area contributed by atoms with Crippen LogP contribution in [0.4, 0.5) is 0 Å². The molecule has 19 heavy (non-hydrogen) atoms. The number of ether oxygens (including phenoxy) is 1. The van der Waals surface area contributed by atoms with Crippen LogP contribution in [0.5, 0.6) is 5.88 Å². The van der Waals surface area contributed by atoms with Gasteiger partial charge in [0.25, 0.3) is 0 Å². The number of hydrogen-bond acceptors (Lipinski definition) is 4. The molecular formula is C14H18N2O3. The first kappa shape index (κ1) is 13.5. The van der Waals surface area contributed by atoms with Crippen LogP contribution in [-0.4, -0.2) is 28.3 Å². The minimum Gasteiger partial charge on any atom is -0.478 e. The van der Waals surface area contributed by atoms with Crippen LogP contribution in [-0.2, 0) is 16.1 Å². The van der Waals surface area contributed by atoms with Crippen LogP contribution in [0.2, 0.25) is 0 Å². The van der Waals surface area contributed by atoms with Gasteiger partial charge in [-0.15, -0.1) is 0 Å². The average molecular weight is 262 g/mol. The van der Waals surface area contributed by atoms with Gasteiger partial charge < -0.3 is 4.74 Å². The van der Waals surface area contributed by atoms with Crippen LogP contribution < -0.4 is 4.74 Å². The van der Waals surface area contributed by atoms with Gasteiger partial charge in [-0.2, -0.15) is 0 Å². The Morgan fingerprint density at radius 2 is 1.84 bits per heavy atom. The number of carbonyl (C=O) groups is 2. The van der Waals surface area contributed by atoms with E-state index in [4.69, 9.17) is 4.74 Å². The van der Waals surface area contributed by atoms with Crippen molar-refractivity contribution in [2.24, 2.45) is 11.8 Å². The molecule has 0 saturated carbocycles. The molecule has 1 aliphatic heterocycles. The molecule has 0 aliphatic carbocycles. The molecule has 2 atom stereocenters. The monoisotopic (exact) mass is 262 g/mol. The Balaban J connectivity index is 2.15. The first-order valence-electron chi connectivity index (χ1n) is 6.48. The molecule has 1 fully saturated rings. The van der Waals surface area contributed by atoms with Crippen molar-refractivity contribution in [1.82, 2.24) is 9.88 Å². The second-order valence-corrected chi connectivity index (χ2v) is 4.74. The molecular weight excluding hydrogens is 244 g/mol. The summed E-state index contributed by atoms with van der Waals surface area (Å²) in [5.41, 5.74) is 0.661. The van der Waals surface area contributed by atoms with E-state index in [1.165, 1.54) is 4.90 Å². The van der Waals surface area contributed by atoms with Gasteiger partial charge in [0.1, 0.15) is 0 Å². The van der Waals surface area contributed by atoms with Crippen molar-refractivity contribution in [3.8, 4) is 5.88 Å². The number of amides is 2. The van der Waals surface area contributed by atoms with Crippen molar-refractivity contribution < 1.29 is 14.3 Å². The SMILES string of the molecule is CCOc1cccc(CN2C(=O)[C@H](C)[C@@H](C)C2=O)n1. The highest BCUT2D eigenvalue weighted by atomic mass is 16.5. The Kier molecular flexibility index (Phi) is 3.83. The Labute approximate surface area is 112 Å². The number of hydrogen-bond donors (Lipinski definition) is 0. The summed E-state index contributed by atoms with van der Waals surface area (Å²) in [6, 6.07) is 5.35. The topological polar surface area (TPSA) is 59.5 Å². The third-order valence-corrected chi connectivity index (χ3v) is 3.45. The van der Waals surface area contributed by atoms with E-state index in [0.717, 1.165) is 0 Å². The highest BCUT2D eigenvalue weighted by Gasteiger charge is 2.42. The molecule has 5 nitrogen and oxygen atoms in total. The van der Waals surface area contributed by atoms with Gasteiger partial charge in [-0.05, 0) is 13.0 Å². The summed E-state index contributed by atoms with van der Waals surface area (Å²) < 4.78 is 5.31. The van der Waals surface area contributed by atoms with E-state index >= 15 is 0 Å². The van der Waals surface area contributed by atoms with E-state index < -0.39 is 0 Å². The average Bonchev–Trinajstić information content (AvgIpc) is 2.58. The number of carbonyl (C=O) groups excluding carboxylic acids is 2. The van der Waals surface area contributed by atoms with Crippen LogP contribution in [0, 0.1) is 11.8 Å². The number of rotatable bonds is 4. The van der Waals surface area contributed by atoms with E-state index in [1.54, 1.807) is 26.0 Å². The Morgan fingerprint density at radius 1 is 1.21 bits per heavy atom. The van der Waals surface area contributed by atoms with Crippen LogP contribution in [0.25, 0.3) is 0 Å². The lowest BCUT2D eigenvalue weighted by Gasteiger charge is -2.14. The number of imide groups is 1. The fraction of sp³-hybridized carbons (Fsp3) is 0.500. The van der Waals surface area contributed by atoms with Crippen LogP contribution in [0.3, 0.4) is 0 Å². The molecule has 1 saturated heterocycles. The summed E-state index contributed by atoms with van der Waals surface area (Å²) in [5.74, 6) is -0.229. The van der Waals surface area contributed by atoms with E-state index in [1.807, 2.05) is 13.0 Å². The summed E-state index contributed by atoms with van der Waals surface area (Å²) in [6.07, 6.45) is 0. The van der Waals surface area contributed by atoms with Crippen molar-refractivity contribution >= 4 is 11.8 Å². The maximum atomic E-state index is 12.0. The Bertz CT molecular complexity index is 481. The predicted molar refractivity (Wildman–Crippen MR) is 69.3 cm³/mol. The third-order valence-electron chi connectivity index (χ3n) is 3.45. The fourth-order valence-corrected chi connectivity index (χ4v) is 2.12. The molecule has 1 aliphatic rings. The zero-order chi connectivity index (χ0) is 14.0. The van der Waals surface area contributed by atoms with E-state index in [0.29, 0.717) is 18.2 Å². The third kappa shape index (κ3) is 2.59. The number of aromatic nitrogens is 1. The van der Waals surface area contributed by atoms with Gasteiger partial charge in [-0.25, -0.2) is 4.98 Å². The zero-order valence-corrected chi connectivity index (χ0v) is 11.4. The maximum Gasteiger partial charge on any atom is 0.233 e. The van der Waals surface area contributed by atoms with Gasteiger partial charge >= 0.3 is 0 Å². The molecule has 102 valence electrons. The summed E-state index contributed by atoms with van der Waals surface area (Å²) in [7, 11) is 0. The summed E-state index contributed by atoms with van der Waals surface area (Å²) >= 11 is 0. The number of nitrogens with zero attached hydrogens (tertiary/aromatic N) is 2. The predicted octanol–water partition coefficient (Wildman–Crippen LogP) is 1.62. The molecule has 2 rings (SSSR count). The first-order chi connectivity index (χ1) is 9.04. The van der Waals surface area contributed by atoms with Gasteiger partial charge in [0.15, 0.2) is 0 Å².